The lowest BCUT2D eigenvalue weighted by Gasteiger charge is -2.25. The molecule has 2 atom stereocenters. The fourth-order valence-electron chi connectivity index (χ4n) is 2.30. The summed E-state index contributed by atoms with van der Waals surface area (Å²) in [5.41, 5.74) is 0.725. The van der Waals surface area contributed by atoms with Crippen LogP contribution >= 0.6 is 0 Å². The highest BCUT2D eigenvalue weighted by atomic mass is 16.5. The summed E-state index contributed by atoms with van der Waals surface area (Å²) in [7, 11) is 1.68. The van der Waals surface area contributed by atoms with Crippen molar-refractivity contribution in [3.05, 3.63) is 29.8 Å². The minimum absolute atomic E-state index is 0.403. The van der Waals surface area contributed by atoms with E-state index < -0.39 is 5.60 Å². The van der Waals surface area contributed by atoms with E-state index in [0.717, 1.165) is 31.4 Å². The normalized spacial score (nSPS) is 15.7. The summed E-state index contributed by atoms with van der Waals surface area (Å²) in [4.78, 5) is 0. The van der Waals surface area contributed by atoms with Gasteiger partial charge >= 0.3 is 0 Å². The zero-order valence-electron chi connectivity index (χ0n) is 13.3. The molecule has 0 aliphatic carbocycles. The standard InChI is InChI=1S/C17H29NO2/c1-5-12-17(3,19)13-18-14(2)6-7-15-8-10-16(20-4)11-9-15/h8-11,14,18-19H,5-7,12-13H2,1-4H3. The zero-order valence-corrected chi connectivity index (χ0v) is 13.3. The van der Waals surface area contributed by atoms with Crippen LogP contribution in [0.1, 0.15) is 45.6 Å². The number of aliphatic hydroxyl groups is 1. The second-order valence-electron chi connectivity index (χ2n) is 5.92. The maximum Gasteiger partial charge on any atom is 0.118 e. The lowest BCUT2D eigenvalue weighted by molar-refractivity contribution is 0.0474. The molecule has 2 unspecified atom stereocenters. The number of methoxy groups -OCH3 is 1. The third-order valence-electron chi connectivity index (χ3n) is 3.65. The van der Waals surface area contributed by atoms with E-state index in [1.165, 1.54) is 5.56 Å². The number of ether oxygens (including phenoxy) is 1. The first-order valence-corrected chi connectivity index (χ1v) is 7.55. The van der Waals surface area contributed by atoms with Crippen molar-refractivity contribution in [2.45, 2.75) is 58.1 Å². The van der Waals surface area contributed by atoms with E-state index in [1.54, 1.807) is 7.11 Å². The van der Waals surface area contributed by atoms with Gasteiger partial charge in [-0.1, -0.05) is 25.5 Å². The molecule has 1 aromatic carbocycles. The van der Waals surface area contributed by atoms with Crippen LogP contribution in [0, 0.1) is 0 Å². The van der Waals surface area contributed by atoms with Crippen molar-refractivity contribution in [2.24, 2.45) is 0 Å². The molecule has 0 fully saturated rings. The van der Waals surface area contributed by atoms with Gasteiger partial charge < -0.3 is 15.2 Å². The highest BCUT2D eigenvalue weighted by Crippen LogP contribution is 2.14. The molecule has 0 amide bonds. The van der Waals surface area contributed by atoms with Crippen molar-refractivity contribution >= 4 is 0 Å². The minimum Gasteiger partial charge on any atom is -0.497 e. The predicted octanol–water partition coefficient (Wildman–Crippen LogP) is 3.16. The maximum atomic E-state index is 10.1. The Morgan fingerprint density at radius 3 is 2.50 bits per heavy atom. The smallest absolute Gasteiger partial charge is 0.118 e. The average molecular weight is 279 g/mol. The molecular formula is C17H29NO2. The van der Waals surface area contributed by atoms with Crippen molar-refractivity contribution in [2.75, 3.05) is 13.7 Å². The molecular weight excluding hydrogens is 250 g/mol. The van der Waals surface area contributed by atoms with Crippen LogP contribution in [0.4, 0.5) is 0 Å². The van der Waals surface area contributed by atoms with Crippen LogP contribution in [-0.4, -0.2) is 30.4 Å². The summed E-state index contributed by atoms with van der Waals surface area (Å²) in [6, 6.07) is 8.62. The molecule has 0 aliphatic rings. The monoisotopic (exact) mass is 279 g/mol. The van der Waals surface area contributed by atoms with E-state index in [2.05, 4.69) is 31.3 Å². The van der Waals surface area contributed by atoms with E-state index in [1.807, 2.05) is 19.1 Å². The molecule has 0 saturated heterocycles. The Balaban J connectivity index is 2.30. The van der Waals surface area contributed by atoms with Gasteiger partial charge in [0.05, 0.1) is 12.7 Å². The van der Waals surface area contributed by atoms with Crippen molar-refractivity contribution in [3.63, 3.8) is 0 Å². The lowest BCUT2D eigenvalue weighted by Crippen LogP contribution is -2.41. The van der Waals surface area contributed by atoms with Gasteiger partial charge in [0, 0.05) is 12.6 Å². The third kappa shape index (κ3) is 6.40. The molecule has 1 rings (SSSR count). The summed E-state index contributed by atoms with van der Waals surface area (Å²) in [5, 5.41) is 13.6. The first-order valence-electron chi connectivity index (χ1n) is 7.55. The van der Waals surface area contributed by atoms with Gasteiger partial charge in [-0.05, 0) is 50.8 Å². The van der Waals surface area contributed by atoms with Crippen molar-refractivity contribution in [3.8, 4) is 5.75 Å². The Morgan fingerprint density at radius 2 is 1.95 bits per heavy atom. The van der Waals surface area contributed by atoms with Crippen LogP contribution in [0.5, 0.6) is 5.75 Å². The van der Waals surface area contributed by atoms with Gasteiger partial charge in [-0.3, -0.25) is 0 Å². The highest BCUT2D eigenvalue weighted by Gasteiger charge is 2.19. The average Bonchev–Trinajstić information content (AvgIpc) is 2.43. The van der Waals surface area contributed by atoms with Crippen LogP contribution in [-0.2, 0) is 6.42 Å². The molecule has 0 aromatic heterocycles. The van der Waals surface area contributed by atoms with Gasteiger partial charge in [0.25, 0.3) is 0 Å². The minimum atomic E-state index is -0.594. The summed E-state index contributed by atoms with van der Waals surface area (Å²) >= 11 is 0. The fourth-order valence-corrected chi connectivity index (χ4v) is 2.30. The summed E-state index contributed by atoms with van der Waals surface area (Å²) < 4.78 is 5.15. The zero-order chi connectivity index (χ0) is 15.0. The van der Waals surface area contributed by atoms with Crippen molar-refractivity contribution < 1.29 is 9.84 Å². The van der Waals surface area contributed by atoms with E-state index in [9.17, 15) is 5.11 Å². The number of hydrogen-bond acceptors (Lipinski definition) is 3. The molecule has 20 heavy (non-hydrogen) atoms. The highest BCUT2D eigenvalue weighted by molar-refractivity contribution is 5.27. The Labute approximate surface area is 123 Å². The Kier molecular flexibility index (Phi) is 7.03. The van der Waals surface area contributed by atoms with Gasteiger partial charge in [-0.2, -0.15) is 0 Å². The van der Waals surface area contributed by atoms with E-state index in [0.29, 0.717) is 12.6 Å². The molecule has 0 saturated carbocycles. The Hall–Kier alpha value is -1.06. The Morgan fingerprint density at radius 1 is 1.30 bits per heavy atom. The largest absolute Gasteiger partial charge is 0.497 e. The van der Waals surface area contributed by atoms with E-state index >= 15 is 0 Å². The number of hydrogen-bond donors (Lipinski definition) is 2. The van der Waals surface area contributed by atoms with Gasteiger partial charge in [0.15, 0.2) is 0 Å². The third-order valence-corrected chi connectivity index (χ3v) is 3.65. The van der Waals surface area contributed by atoms with Crippen LogP contribution in [0.25, 0.3) is 0 Å². The molecule has 0 aliphatic heterocycles. The number of benzene rings is 1. The topological polar surface area (TPSA) is 41.5 Å². The first-order chi connectivity index (χ1) is 9.46. The number of nitrogens with one attached hydrogen (secondary N) is 1. The molecule has 0 bridgehead atoms. The van der Waals surface area contributed by atoms with Gasteiger partial charge in [0.2, 0.25) is 0 Å². The second kappa shape index (κ2) is 8.28. The quantitative estimate of drug-likeness (QED) is 0.729. The fraction of sp³-hybridized carbons (Fsp3) is 0.647. The molecule has 1 aromatic rings. The molecule has 114 valence electrons. The number of rotatable bonds is 9. The van der Waals surface area contributed by atoms with Crippen molar-refractivity contribution in [1.82, 2.24) is 5.32 Å². The summed E-state index contributed by atoms with van der Waals surface area (Å²) in [5.74, 6) is 0.899. The molecule has 3 heteroatoms. The molecule has 0 heterocycles. The maximum absolute atomic E-state index is 10.1. The van der Waals surface area contributed by atoms with Crippen LogP contribution in [0.15, 0.2) is 24.3 Å². The first kappa shape index (κ1) is 17.0. The second-order valence-corrected chi connectivity index (χ2v) is 5.92. The molecule has 0 spiro atoms. The van der Waals surface area contributed by atoms with Gasteiger partial charge in [-0.25, -0.2) is 0 Å². The number of aryl methyl sites for hydroxylation is 1. The molecule has 0 radical (unpaired) electrons. The summed E-state index contributed by atoms with van der Waals surface area (Å²) in [6.45, 7) is 6.83. The predicted molar refractivity (Wildman–Crippen MR) is 84.3 cm³/mol. The Bertz CT molecular complexity index is 373. The van der Waals surface area contributed by atoms with Crippen LogP contribution in [0.2, 0.25) is 0 Å². The molecule has 3 nitrogen and oxygen atoms in total. The van der Waals surface area contributed by atoms with E-state index in [4.69, 9.17) is 4.74 Å². The van der Waals surface area contributed by atoms with Crippen molar-refractivity contribution in [1.29, 1.82) is 0 Å². The lowest BCUT2D eigenvalue weighted by atomic mass is 9.99. The van der Waals surface area contributed by atoms with Gasteiger partial charge in [0.1, 0.15) is 5.75 Å². The van der Waals surface area contributed by atoms with Gasteiger partial charge in [-0.15, -0.1) is 0 Å². The SMILES string of the molecule is CCCC(C)(O)CNC(C)CCc1ccc(OC)cc1. The molecule has 2 N–H and O–H groups in total. The van der Waals surface area contributed by atoms with Crippen LogP contribution in [0.3, 0.4) is 0 Å². The van der Waals surface area contributed by atoms with E-state index in [-0.39, 0.29) is 0 Å². The van der Waals surface area contributed by atoms with Crippen LogP contribution < -0.4 is 10.1 Å². The summed E-state index contributed by atoms with van der Waals surface area (Å²) in [6.07, 6.45) is 3.95.